The first-order valence-electron chi connectivity index (χ1n) is 8.07. The summed E-state index contributed by atoms with van der Waals surface area (Å²) in [6.45, 7) is -0.148. The summed E-state index contributed by atoms with van der Waals surface area (Å²) in [6.07, 6.45) is 0.593. The molecule has 3 aromatic rings. The van der Waals surface area contributed by atoms with E-state index in [0.717, 1.165) is 5.39 Å². The molecular formula is C17H21N5O5. The molecule has 0 radical (unpaired) electrons. The number of aliphatic hydroxyl groups excluding tert-OH is 2. The number of carbonyl (C=O) groups is 2. The number of nitrogens with zero attached hydrogens (tertiary/aromatic N) is 3. The van der Waals surface area contributed by atoms with Gasteiger partial charge in [0.25, 0.3) is 5.91 Å². The lowest BCUT2D eigenvalue weighted by Crippen LogP contribution is -2.19. The first-order valence-corrected chi connectivity index (χ1v) is 8.07. The number of nitrogens with two attached hydrogens (primary N) is 1. The Kier molecular flexibility index (Phi) is 6.77. The van der Waals surface area contributed by atoms with Crippen LogP contribution in [0.25, 0.3) is 21.9 Å². The average molecular weight is 375 g/mol. The minimum atomic E-state index is -0.911. The Morgan fingerprint density at radius 1 is 1.33 bits per heavy atom. The number of aromatic nitrogens is 3. The van der Waals surface area contributed by atoms with Crippen molar-refractivity contribution in [1.29, 1.82) is 0 Å². The van der Waals surface area contributed by atoms with Crippen LogP contribution in [0.4, 0.5) is 0 Å². The Morgan fingerprint density at radius 2 is 2.04 bits per heavy atom. The zero-order valence-electron chi connectivity index (χ0n) is 14.7. The van der Waals surface area contributed by atoms with Crippen LogP contribution in [0.3, 0.4) is 0 Å². The van der Waals surface area contributed by atoms with Crippen LogP contribution in [0.5, 0.6) is 0 Å². The number of likely N-dealkylation sites (N-methyl/N-ethyl adjacent to an activating group) is 1. The van der Waals surface area contributed by atoms with E-state index >= 15 is 0 Å². The van der Waals surface area contributed by atoms with Crippen molar-refractivity contribution < 1.29 is 24.9 Å². The number of aliphatic carboxylic acids is 1. The topological polar surface area (TPSA) is 164 Å². The Balaban J connectivity index is 0.000000380. The molecule has 1 atom stereocenters. The summed E-state index contributed by atoms with van der Waals surface area (Å²) in [5.41, 5.74) is 7.15. The minimum absolute atomic E-state index is 0.0417. The van der Waals surface area contributed by atoms with E-state index in [1.54, 1.807) is 17.7 Å². The maximum Gasteiger partial charge on any atom is 0.317 e. The molecule has 144 valence electrons. The van der Waals surface area contributed by atoms with Crippen molar-refractivity contribution in [3.05, 3.63) is 36.3 Å². The number of benzene rings is 1. The normalized spacial score (nSPS) is 11.8. The molecule has 1 aromatic carbocycles. The summed E-state index contributed by atoms with van der Waals surface area (Å²) in [5.74, 6) is -1.48. The highest BCUT2D eigenvalue weighted by Gasteiger charge is 2.18. The highest BCUT2D eigenvalue weighted by Crippen LogP contribution is 2.25. The molecule has 2 aromatic heterocycles. The number of imidazole rings is 1. The highest BCUT2D eigenvalue weighted by molar-refractivity contribution is 6.11. The summed E-state index contributed by atoms with van der Waals surface area (Å²) < 4.78 is 1.69. The van der Waals surface area contributed by atoms with E-state index in [2.05, 4.69) is 15.3 Å². The fourth-order valence-corrected chi connectivity index (χ4v) is 2.53. The number of nitrogens with one attached hydrogen (secondary N) is 1. The quantitative estimate of drug-likeness (QED) is 0.378. The smallest absolute Gasteiger partial charge is 0.317 e. The number of carbonyl (C=O) groups excluding carboxylic acids is 1. The van der Waals surface area contributed by atoms with Crippen LogP contribution >= 0.6 is 0 Å². The van der Waals surface area contributed by atoms with Crippen molar-refractivity contribution in [2.75, 3.05) is 20.2 Å². The van der Waals surface area contributed by atoms with E-state index in [9.17, 15) is 14.7 Å². The lowest BCUT2D eigenvalue weighted by molar-refractivity contribution is -0.135. The van der Waals surface area contributed by atoms with Gasteiger partial charge in [-0.3, -0.25) is 9.59 Å². The van der Waals surface area contributed by atoms with Crippen molar-refractivity contribution in [3.8, 4) is 0 Å². The summed E-state index contributed by atoms with van der Waals surface area (Å²) in [7, 11) is 1.59. The molecule has 0 aliphatic heterocycles. The number of hydrogen-bond acceptors (Lipinski definition) is 7. The number of carboxylic acid groups (broad SMARTS) is 1. The van der Waals surface area contributed by atoms with Gasteiger partial charge in [-0.05, 0) is 13.1 Å². The minimum Gasteiger partial charge on any atom is -0.480 e. The van der Waals surface area contributed by atoms with Gasteiger partial charge in [0.05, 0.1) is 43.2 Å². The zero-order chi connectivity index (χ0) is 20.0. The number of hydrogen-bond donors (Lipinski definition) is 5. The molecule has 6 N–H and O–H groups in total. The van der Waals surface area contributed by atoms with E-state index in [4.69, 9.17) is 15.9 Å². The van der Waals surface area contributed by atoms with E-state index in [1.807, 2.05) is 18.2 Å². The third-order valence-corrected chi connectivity index (χ3v) is 3.63. The molecule has 1 amide bonds. The number of para-hydroxylation sites is 1. The van der Waals surface area contributed by atoms with Gasteiger partial charge in [0.1, 0.15) is 5.52 Å². The molecule has 0 bridgehead atoms. The maximum atomic E-state index is 11.6. The van der Waals surface area contributed by atoms with Crippen LogP contribution in [0, 0.1) is 0 Å². The van der Waals surface area contributed by atoms with Gasteiger partial charge < -0.3 is 30.9 Å². The maximum absolute atomic E-state index is 11.6. The highest BCUT2D eigenvalue weighted by atomic mass is 16.4. The van der Waals surface area contributed by atoms with Gasteiger partial charge in [0.15, 0.2) is 5.69 Å². The first kappa shape index (κ1) is 20.2. The van der Waals surface area contributed by atoms with Gasteiger partial charge in [0.2, 0.25) is 0 Å². The number of fused-ring (bicyclic) bond motifs is 3. The second kappa shape index (κ2) is 9.03. The van der Waals surface area contributed by atoms with Crippen molar-refractivity contribution in [2.24, 2.45) is 5.73 Å². The third kappa shape index (κ3) is 4.76. The summed E-state index contributed by atoms with van der Waals surface area (Å²) in [5, 5.41) is 29.7. The van der Waals surface area contributed by atoms with Gasteiger partial charge in [-0.2, -0.15) is 0 Å². The van der Waals surface area contributed by atoms with Crippen molar-refractivity contribution in [3.63, 3.8) is 0 Å². The fraction of sp³-hybridized carbons (Fsp3) is 0.294. The standard InChI is InChI=1S/C14H14N4O3.C3H7NO2/c15-14(21)12-11-13(9-3-1-2-4-10(9)17-12)18(7-16-11)5-8(20)6-19;1-4-2-3(5)6/h1-4,7-8,19-20H,5-6H2,(H2,15,21);4H,2H2,1H3,(H,5,6). The van der Waals surface area contributed by atoms with Crippen LogP contribution in [0.2, 0.25) is 0 Å². The van der Waals surface area contributed by atoms with E-state index in [0.29, 0.717) is 16.6 Å². The van der Waals surface area contributed by atoms with Gasteiger partial charge in [-0.1, -0.05) is 18.2 Å². The SMILES string of the molecule is CNCC(=O)O.NC(=O)c1nc2ccccc2c2c1ncn2CC(O)CO. The van der Waals surface area contributed by atoms with E-state index in [1.165, 1.54) is 6.33 Å². The second-order valence-electron chi connectivity index (χ2n) is 5.70. The van der Waals surface area contributed by atoms with Crippen LogP contribution in [-0.2, 0) is 11.3 Å². The zero-order valence-corrected chi connectivity index (χ0v) is 14.7. The number of primary amides is 1. The molecular weight excluding hydrogens is 354 g/mol. The molecule has 0 aliphatic carbocycles. The molecule has 0 saturated heterocycles. The van der Waals surface area contributed by atoms with Gasteiger partial charge >= 0.3 is 5.97 Å². The number of amides is 1. The number of pyridine rings is 1. The Hall–Kier alpha value is -3.08. The monoisotopic (exact) mass is 375 g/mol. The number of rotatable bonds is 6. The average Bonchev–Trinajstić information content (AvgIpc) is 3.05. The summed E-state index contributed by atoms with van der Waals surface area (Å²) >= 11 is 0. The number of aliphatic hydroxyl groups is 2. The molecule has 0 fully saturated rings. The third-order valence-electron chi connectivity index (χ3n) is 3.63. The van der Waals surface area contributed by atoms with Crippen molar-refractivity contribution in [1.82, 2.24) is 19.9 Å². The van der Waals surface area contributed by atoms with Crippen molar-refractivity contribution in [2.45, 2.75) is 12.6 Å². The Labute approximate surface area is 154 Å². The van der Waals surface area contributed by atoms with Crippen LogP contribution in [-0.4, -0.2) is 68.0 Å². The molecule has 10 heteroatoms. The molecule has 1 unspecified atom stereocenters. The van der Waals surface area contributed by atoms with Crippen LogP contribution in [0.15, 0.2) is 30.6 Å². The van der Waals surface area contributed by atoms with Gasteiger partial charge in [-0.25, -0.2) is 9.97 Å². The molecule has 0 saturated carbocycles. The van der Waals surface area contributed by atoms with Gasteiger partial charge in [-0.15, -0.1) is 0 Å². The lowest BCUT2D eigenvalue weighted by Gasteiger charge is -2.11. The summed E-state index contributed by atoms with van der Waals surface area (Å²) in [4.78, 5) is 29.5. The second-order valence-corrected chi connectivity index (χ2v) is 5.70. The predicted molar refractivity (Wildman–Crippen MR) is 98.2 cm³/mol. The molecule has 0 aliphatic rings. The lowest BCUT2D eigenvalue weighted by atomic mass is 10.1. The van der Waals surface area contributed by atoms with Crippen LogP contribution < -0.4 is 11.1 Å². The van der Waals surface area contributed by atoms with Crippen LogP contribution in [0.1, 0.15) is 10.5 Å². The Morgan fingerprint density at radius 3 is 2.59 bits per heavy atom. The molecule has 10 nitrogen and oxygen atoms in total. The fourth-order valence-electron chi connectivity index (χ4n) is 2.53. The molecule has 27 heavy (non-hydrogen) atoms. The predicted octanol–water partition coefficient (Wildman–Crippen LogP) is -0.673. The number of carboxylic acids is 1. The molecule has 0 spiro atoms. The largest absolute Gasteiger partial charge is 0.480 e. The first-order chi connectivity index (χ1) is 12.9. The van der Waals surface area contributed by atoms with Crippen molar-refractivity contribution >= 4 is 33.8 Å². The van der Waals surface area contributed by atoms with Gasteiger partial charge in [0, 0.05) is 5.39 Å². The summed E-state index contributed by atoms with van der Waals surface area (Å²) in [6, 6.07) is 7.31. The van der Waals surface area contributed by atoms with E-state index in [-0.39, 0.29) is 25.4 Å². The molecule has 3 rings (SSSR count). The van der Waals surface area contributed by atoms with E-state index < -0.39 is 18.0 Å². The molecule has 2 heterocycles. The Bertz CT molecular complexity index is 955.